The van der Waals surface area contributed by atoms with Crippen molar-refractivity contribution in [3.63, 3.8) is 0 Å². The monoisotopic (exact) mass is 411 g/mol. The third kappa shape index (κ3) is 5.88. The summed E-state index contributed by atoms with van der Waals surface area (Å²) in [7, 11) is 0. The quantitative estimate of drug-likeness (QED) is 0.638. The molecule has 1 amide bonds. The van der Waals surface area contributed by atoms with Crippen LogP contribution in [0.25, 0.3) is 0 Å². The van der Waals surface area contributed by atoms with Gasteiger partial charge in [-0.25, -0.2) is 4.39 Å². The first-order valence-corrected chi connectivity index (χ1v) is 11.0. The molecule has 0 radical (unpaired) electrons. The van der Waals surface area contributed by atoms with Gasteiger partial charge in [0.2, 0.25) is 5.91 Å². The molecule has 1 aliphatic heterocycles. The lowest BCUT2D eigenvalue weighted by molar-refractivity contribution is -0.135. The van der Waals surface area contributed by atoms with Crippen LogP contribution in [0.1, 0.15) is 44.7 Å². The predicted molar refractivity (Wildman–Crippen MR) is 118 cm³/mol. The van der Waals surface area contributed by atoms with Crippen LogP contribution in [-0.4, -0.2) is 46.9 Å². The Kier molecular flexibility index (Phi) is 7.59. The highest BCUT2D eigenvalue weighted by molar-refractivity contribution is 5.78. The number of halogens is 1. The van der Waals surface area contributed by atoms with Crippen molar-refractivity contribution in [1.82, 2.24) is 14.8 Å². The summed E-state index contributed by atoms with van der Waals surface area (Å²) in [4.78, 5) is 21.6. The molecule has 162 valence electrons. The highest BCUT2D eigenvalue weighted by atomic mass is 19.1. The van der Waals surface area contributed by atoms with E-state index in [4.69, 9.17) is 0 Å². The summed E-state index contributed by atoms with van der Waals surface area (Å²) in [5, 5.41) is 0. The van der Waals surface area contributed by atoms with Crippen molar-refractivity contribution in [2.24, 2.45) is 17.8 Å². The minimum atomic E-state index is -0.211. The Hall–Kier alpha value is -2.27. The molecule has 3 rings (SSSR count). The maximum Gasteiger partial charge on any atom is 0.225 e. The van der Waals surface area contributed by atoms with E-state index >= 15 is 0 Å². The highest BCUT2D eigenvalue weighted by Crippen LogP contribution is 2.34. The molecule has 0 N–H and O–H groups in total. The van der Waals surface area contributed by atoms with Gasteiger partial charge in [-0.05, 0) is 41.2 Å². The topological polar surface area (TPSA) is 36.4 Å². The minimum Gasteiger partial charge on any atom is -0.342 e. The van der Waals surface area contributed by atoms with Crippen molar-refractivity contribution in [3.8, 4) is 0 Å². The van der Waals surface area contributed by atoms with E-state index in [1.54, 1.807) is 18.3 Å². The molecule has 2 heterocycles. The van der Waals surface area contributed by atoms with E-state index in [2.05, 4.69) is 29.8 Å². The van der Waals surface area contributed by atoms with Gasteiger partial charge in [0.05, 0.1) is 0 Å². The molecule has 1 aromatic heterocycles. The smallest absolute Gasteiger partial charge is 0.225 e. The molecular formula is C25H34FN3O. The third-order valence-electron chi connectivity index (χ3n) is 5.79. The lowest BCUT2D eigenvalue weighted by atomic mass is 9.88. The maximum absolute atomic E-state index is 13.5. The molecular weight excluding hydrogens is 377 g/mol. The normalized spacial score (nSPS) is 19.6. The van der Waals surface area contributed by atoms with E-state index in [1.165, 1.54) is 5.56 Å². The fourth-order valence-corrected chi connectivity index (χ4v) is 4.46. The van der Waals surface area contributed by atoms with Gasteiger partial charge in [-0.2, -0.15) is 0 Å². The molecule has 30 heavy (non-hydrogen) atoms. The number of pyridine rings is 1. The van der Waals surface area contributed by atoms with Crippen molar-refractivity contribution in [3.05, 3.63) is 65.7 Å². The Morgan fingerprint density at radius 2 is 1.90 bits per heavy atom. The Balaban J connectivity index is 1.81. The summed E-state index contributed by atoms with van der Waals surface area (Å²) < 4.78 is 13.5. The lowest BCUT2D eigenvalue weighted by Gasteiger charge is -2.31. The number of nitrogens with zero attached hydrogens (tertiary/aromatic N) is 3. The molecule has 0 aliphatic carbocycles. The van der Waals surface area contributed by atoms with Crippen LogP contribution < -0.4 is 0 Å². The number of likely N-dealkylation sites (tertiary alicyclic amines) is 1. The number of carbonyl (C=O) groups is 1. The second-order valence-corrected chi connectivity index (χ2v) is 9.27. The van der Waals surface area contributed by atoms with Crippen molar-refractivity contribution in [2.45, 2.75) is 40.2 Å². The second-order valence-electron chi connectivity index (χ2n) is 9.27. The zero-order valence-electron chi connectivity index (χ0n) is 18.6. The molecule has 1 fully saturated rings. The van der Waals surface area contributed by atoms with Crippen molar-refractivity contribution in [2.75, 3.05) is 26.2 Å². The first-order valence-electron chi connectivity index (χ1n) is 11.0. The largest absolute Gasteiger partial charge is 0.342 e. The van der Waals surface area contributed by atoms with Gasteiger partial charge in [0.15, 0.2) is 0 Å². The van der Waals surface area contributed by atoms with E-state index in [0.29, 0.717) is 11.8 Å². The highest BCUT2D eigenvalue weighted by Gasteiger charge is 2.36. The minimum absolute atomic E-state index is 0.0130. The van der Waals surface area contributed by atoms with Gasteiger partial charge < -0.3 is 4.90 Å². The number of carbonyl (C=O) groups excluding carboxylic acids is 1. The number of hydrogen-bond donors (Lipinski definition) is 0. The van der Waals surface area contributed by atoms with Crippen LogP contribution in [0, 0.1) is 23.6 Å². The fourth-order valence-electron chi connectivity index (χ4n) is 4.46. The molecule has 0 bridgehead atoms. The van der Waals surface area contributed by atoms with Gasteiger partial charge in [-0.3, -0.25) is 14.7 Å². The first-order chi connectivity index (χ1) is 14.3. The number of aromatic nitrogens is 1. The van der Waals surface area contributed by atoms with Crippen LogP contribution in [0.2, 0.25) is 0 Å². The predicted octanol–water partition coefficient (Wildman–Crippen LogP) is 4.58. The van der Waals surface area contributed by atoms with Crippen LogP contribution in [0.4, 0.5) is 4.39 Å². The molecule has 2 atom stereocenters. The average Bonchev–Trinajstić information content (AvgIpc) is 3.10. The van der Waals surface area contributed by atoms with Crippen LogP contribution >= 0.6 is 0 Å². The van der Waals surface area contributed by atoms with Gasteiger partial charge in [0.25, 0.3) is 0 Å². The molecule has 1 aliphatic rings. The van der Waals surface area contributed by atoms with Gasteiger partial charge >= 0.3 is 0 Å². The summed E-state index contributed by atoms with van der Waals surface area (Å²) in [6.07, 6.45) is 3.70. The van der Waals surface area contributed by atoms with E-state index in [-0.39, 0.29) is 23.6 Å². The maximum atomic E-state index is 13.5. The third-order valence-corrected chi connectivity index (χ3v) is 5.79. The molecule has 5 heteroatoms. The Morgan fingerprint density at radius 3 is 2.50 bits per heavy atom. The Labute approximate surface area is 180 Å². The summed E-state index contributed by atoms with van der Waals surface area (Å²) >= 11 is 0. The summed E-state index contributed by atoms with van der Waals surface area (Å²) in [5.74, 6) is 1.00. The second kappa shape index (κ2) is 10.2. The Bertz CT molecular complexity index is 807. The molecule has 0 saturated carbocycles. The van der Waals surface area contributed by atoms with E-state index in [9.17, 15) is 9.18 Å². The number of benzene rings is 1. The van der Waals surface area contributed by atoms with Gasteiger partial charge in [-0.15, -0.1) is 0 Å². The van der Waals surface area contributed by atoms with E-state index in [0.717, 1.165) is 38.3 Å². The molecule has 0 spiro atoms. The molecule has 1 aromatic carbocycles. The van der Waals surface area contributed by atoms with Gasteiger partial charge in [0.1, 0.15) is 5.82 Å². The first kappa shape index (κ1) is 22.4. The summed E-state index contributed by atoms with van der Waals surface area (Å²) in [6.45, 7) is 12.4. The lowest BCUT2D eigenvalue weighted by Crippen LogP contribution is -2.41. The van der Waals surface area contributed by atoms with E-state index < -0.39 is 0 Å². The molecule has 2 aromatic rings. The number of hydrogen-bond acceptors (Lipinski definition) is 3. The zero-order chi connectivity index (χ0) is 21.7. The SMILES string of the molecule is CC(C)CN(CC1CN(Cc2cccnc2)CC1c1ccc(F)cc1)C(=O)C(C)C. The zero-order valence-corrected chi connectivity index (χ0v) is 18.6. The van der Waals surface area contributed by atoms with Crippen LogP contribution in [-0.2, 0) is 11.3 Å². The van der Waals surface area contributed by atoms with Crippen LogP contribution in [0.15, 0.2) is 48.8 Å². The van der Waals surface area contributed by atoms with Crippen molar-refractivity contribution >= 4 is 5.91 Å². The van der Waals surface area contributed by atoms with Crippen molar-refractivity contribution < 1.29 is 9.18 Å². The number of amides is 1. The fraction of sp³-hybridized carbons (Fsp3) is 0.520. The van der Waals surface area contributed by atoms with Crippen molar-refractivity contribution in [1.29, 1.82) is 0 Å². The molecule has 2 unspecified atom stereocenters. The number of rotatable bonds is 8. The van der Waals surface area contributed by atoms with Gasteiger partial charge in [-0.1, -0.05) is 45.9 Å². The summed E-state index contributed by atoms with van der Waals surface area (Å²) in [5.41, 5.74) is 2.34. The van der Waals surface area contributed by atoms with Gasteiger partial charge in [0, 0.05) is 57.0 Å². The van der Waals surface area contributed by atoms with Crippen LogP contribution in [0.3, 0.4) is 0 Å². The standard InChI is InChI=1S/C25H34FN3O/c1-18(2)13-29(25(30)19(3)4)16-22-15-28(14-20-6-5-11-27-12-20)17-24(22)21-7-9-23(26)10-8-21/h5-12,18-19,22,24H,13-17H2,1-4H3. The Morgan fingerprint density at radius 1 is 1.17 bits per heavy atom. The molecule has 1 saturated heterocycles. The molecule has 4 nitrogen and oxygen atoms in total. The average molecular weight is 412 g/mol. The van der Waals surface area contributed by atoms with E-state index in [1.807, 2.05) is 43.1 Å². The summed E-state index contributed by atoms with van der Waals surface area (Å²) in [6, 6.07) is 10.9. The van der Waals surface area contributed by atoms with Crippen LogP contribution in [0.5, 0.6) is 0 Å².